The van der Waals surface area contributed by atoms with E-state index in [1.54, 1.807) is 48.5 Å². The minimum Gasteiger partial charge on any atom is -0.338 e. The molecule has 12 nitrogen and oxygen atoms in total. The van der Waals surface area contributed by atoms with Crippen LogP contribution < -0.4 is 42.5 Å². The Morgan fingerprint density at radius 3 is 1.12 bits per heavy atom. The summed E-state index contributed by atoms with van der Waals surface area (Å²) in [5.41, 5.74) is 5.97. The molecular weight excluding hydrogens is 608 g/mol. The lowest BCUT2D eigenvalue weighted by atomic mass is 9.87. The van der Waals surface area contributed by atoms with Gasteiger partial charge in [-0.25, -0.2) is 19.2 Å². The van der Waals surface area contributed by atoms with Crippen LogP contribution in [0.1, 0.15) is 87.5 Å². The number of rotatable bonds is 2. The molecule has 0 radical (unpaired) electrons. The lowest BCUT2D eigenvalue weighted by molar-refractivity contribution is 0.250. The molecule has 0 unspecified atom stereocenters. The number of para-hydroxylation sites is 4. The Hall–Kier alpha value is -5.26. The molecule has 1 aliphatic heterocycles. The molecule has 0 saturated carbocycles. The average Bonchev–Trinajstić information content (AvgIpc) is 3.05. The maximum atomic E-state index is 13.1. The molecule has 0 spiro atoms. The summed E-state index contributed by atoms with van der Waals surface area (Å²) < 4.78 is 0. The van der Waals surface area contributed by atoms with E-state index in [2.05, 4.69) is 76.3 Å². The molecule has 1 heterocycles. The Morgan fingerprint density at radius 1 is 0.458 bits per heavy atom. The van der Waals surface area contributed by atoms with Gasteiger partial charge >= 0.3 is 24.1 Å². The Balaban J connectivity index is 1.57. The monoisotopic (exact) mass is 656 g/mol. The average molecular weight is 657 g/mol. The summed E-state index contributed by atoms with van der Waals surface area (Å²) in [6.45, 7) is 9.93. The first kappa shape index (κ1) is 35.6. The molecule has 1 aliphatic rings. The van der Waals surface area contributed by atoms with E-state index in [4.69, 9.17) is 0 Å². The lowest BCUT2D eigenvalue weighted by Crippen LogP contribution is -2.32. The van der Waals surface area contributed by atoms with Crippen LogP contribution in [0.5, 0.6) is 0 Å². The zero-order chi connectivity index (χ0) is 34.5. The van der Waals surface area contributed by atoms with E-state index < -0.39 is 12.1 Å². The molecule has 3 aromatic carbocycles. The number of benzene rings is 3. The normalized spacial score (nSPS) is 15.9. The Kier molecular flexibility index (Phi) is 13.1. The number of anilines is 4. The fourth-order valence-electron chi connectivity index (χ4n) is 5.54. The zero-order valence-electron chi connectivity index (χ0n) is 28.2. The van der Waals surface area contributed by atoms with Crippen LogP contribution >= 0.6 is 0 Å². The van der Waals surface area contributed by atoms with Gasteiger partial charge in [0.05, 0.1) is 22.7 Å². The standard InChI is InChI=1S/C36H48N8O4/c1-23(2)27-20-28(24(3)4)26-19-25(27)21-39-35(47)43-31-15-9-7-13-29(31)41-33(45)37-17-11-5-6-12-18-38-34(46)42-30-14-8-10-16-32(30)44-36(48)40-22-26/h7-10,13-16,19-20,23-24H,5-6,11-12,17-18,21-22H2,1-4H3,(H2,37,41,45)(H2,38,42,46)(H2,39,43,47)(H2,40,44,48). The summed E-state index contributed by atoms with van der Waals surface area (Å²) in [7, 11) is 0. The largest absolute Gasteiger partial charge is 0.338 e. The maximum absolute atomic E-state index is 13.1. The van der Waals surface area contributed by atoms with Crippen LogP contribution in [-0.4, -0.2) is 37.2 Å². The van der Waals surface area contributed by atoms with Gasteiger partial charge in [0.2, 0.25) is 0 Å². The molecule has 8 N–H and O–H groups in total. The van der Waals surface area contributed by atoms with Crippen LogP contribution in [0.3, 0.4) is 0 Å². The van der Waals surface area contributed by atoms with Crippen molar-refractivity contribution in [2.24, 2.45) is 0 Å². The van der Waals surface area contributed by atoms with Crippen molar-refractivity contribution in [3.8, 4) is 0 Å². The highest BCUT2D eigenvalue weighted by Gasteiger charge is 2.17. The van der Waals surface area contributed by atoms with E-state index in [9.17, 15) is 19.2 Å². The summed E-state index contributed by atoms with van der Waals surface area (Å²) in [5, 5.41) is 23.0. The third kappa shape index (κ3) is 10.6. The van der Waals surface area contributed by atoms with Crippen molar-refractivity contribution < 1.29 is 19.2 Å². The molecule has 0 aromatic heterocycles. The minimum absolute atomic E-state index is 0.196. The van der Waals surface area contributed by atoms with E-state index >= 15 is 0 Å². The highest BCUT2D eigenvalue weighted by molar-refractivity contribution is 5.99. The summed E-state index contributed by atoms with van der Waals surface area (Å²) in [4.78, 5) is 51.4. The SMILES string of the molecule is CC(C)c1cc(C(C)C)c2cc1CNC(=O)Nc1ccccc1NC(=O)NCCCCCCNC(=O)Nc1ccccc1NC(=O)NC2. The highest BCUT2D eigenvalue weighted by atomic mass is 16.2. The van der Waals surface area contributed by atoms with E-state index in [0.29, 0.717) is 35.8 Å². The van der Waals surface area contributed by atoms with Crippen LogP contribution in [-0.2, 0) is 13.1 Å². The van der Waals surface area contributed by atoms with Crippen molar-refractivity contribution in [3.63, 3.8) is 0 Å². The van der Waals surface area contributed by atoms with Gasteiger partial charge in [-0.2, -0.15) is 0 Å². The highest BCUT2D eigenvalue weighted by Crippen LogP contribution is 2.29. The fourth-order valence-corrected chi connectivity index (χ4v) is 5.54. The van der Waals surface area contributed by atoms with Crippen molar-refractivity contribution in [3.05, 3.63) is 82.9 Å². The Morgan fingerprint density at radius 2 is 0.792 bits per heavy atom. The number of hydrogen-bond donors (Lipinski definition) is 8. The van der Waals surface area contributed by atoms with E-state index in [-0.39, 0.29) is 37.0 Å². The van der Waals surface area contributed by atoms with E-state index in [1.807, 2.05) is 6.07 Å². The zero-order valence-corrected chi connectivity index (χ0v) is 28.2. The van der Waals surface area contributed by atoms with Crippen LogP contribution in [0.15, 0.2) is 60.7 Å². The molecule has 3 aromatic rings. The molecule has 0 atom stereocenters. The third-order valence-corrected chi connectivity index (χ3v) is 8.05. The number of amides is 8. The smallest absolute Gasteiger partial charge is 0.319 e. The second-order valence-electron chi connectivity index (χ2n) is 12.4. The van der Waals surface area contributed by atoms with Crippen molar-refractivity contribution in [2.75, 3.05) is 34.4 Å². The molecule has 48 heavy (non-hydrogen) atoms. The minimum atomic E-state index is -0.413. The van der Waals surface area contributed by atoms with Gasteiger partial charge in [-0.15, -0.1) is 0 Å². The molecule has 0 aliphatic carbocycles. The van der Waals surface area contributed by atoms with E-state index in [1.165, 1.54) is 0 Å². The molecule has 12 heteroatoms. The van der Waals surface area contributed by atoms with E-state index in [0.717, 1.165) is 47.9 Å². The van der Waals surface area contributed by atoms with Crippen molar-refractivity contribution in [2.45, 2.75) is 78.3 Å². The Labute approximate surface area is 282 Å². The topological polar surface area (TPSA) is 165 Å². The van der Waals surface area contributed by atoms with Gasteiger partial charge in [0, 0.05) is 26.2 Å². The van der Waals surface area contributed by atoms with Gasteiger partial charge in [-0.3, -0.25) is 0 Å². The van der Waals surface area contributed by atoms with Crippen molar-refractivity contribution >= 4 is 46.9 Å². The maximum Gasteiger partial charge on any atom is 0.319 e. The summed E-state index contributed by atoms with van der Waals surface area (Å²) in [5.74, 6) is 0.392. The van der Waals surface area contributed by atoms with Gasteiger partial charge < -0.3 is 42.5 Å². The molecule has 4 rings (SSSR count). The van der Waals surface area contributed by atoms with Gasteiger partial charge in [0.15, 0.2) is 0 Å². The first-order chi connectivity index (χ1) is 23.1. The first-order valence-electron chi connectivity index (χ1n) is 16.6. The van der Waals surface area contributed by atoms with Gasteiger partial charge in [-0.1, -0.05) is 76.9 Å². The van der Waals surface area contributed by atoms with Gasteiger partial charge in [0.25, 0.3) is 0 Å². The number of carbonyl (C=O) groups excluding carboxylic acids is 4. The van der Waals surface area contributed by atoms with Crippen molar-refractivity contribution in [1.82, 2.24) is 21.3 Å². The molecule has 0 saturated heterocycles. The molecule has 8 amide bonds. The summed E-state index contributed by atoms with van der Waals surface area (Å²) in [6.07, 6.45) is 3.31. The summed E-state index contributed by atoms with van der Waals surface area (Å²) >= 11 is 0. The molecular formula is C36H48N8O4. The van der Waals surface area contributed by atoms with Crippen LogP contribution in [0.25, 0.3) is 0 Å². The first-order valence-corrected chi connectivity index (χ1v) is 16.6. The predicted molar refractivity (Wildman–Crippen MR) is 192 cm³/mol. The van der Waals surface area contributed by atoms with Gasteiger partial charge in [-0.05, 0) is 71.2 Å². The molecule has 256 valence electrons. The second kappa shape index (κ2) is 17.6. The third-order valence-electron chi connectivity index (χ3n) is 8.05. The van der Waals surface area contributed by atoms with Crippen LogP contribution in [0, 0.1) is 0 Å². The predicted octanol–water partition coefficient (Wildman–Crippen LogP) is 7.39. The summed E-state index contributed by atoms with van der Waals surface area (Å²) in [6, 6.07) is 16.7. The van der Waals surface area contributed by atoms with Crippen LogP contribution in [0.2, 0.25) is 0 Å². The Bertz CT molecular complexity index is 1480. The quantitative estimate of drug-likeness (QED) is 0.144. The van der Waals surface area contributed by atoms with Crippen molar-refractivity contribution in [1.29, 1.82) is 0 Å². The molecule has 0 fully saturated rings. The lowest BCUT2D eigenvalue weighted by Gasteiger charge is -2.22. The molecule has 2 bridgehead atoms. The fraction of sp³-hybridized carbons (Fsp3) is 0.389. The number of carbonyl (C=O) groups is 4. The number of urea groups is 4. The number of fused-ring (bicyclic) bond motifs is 4. The number of hydrogen-bond acceptors (Lipinski definition) is 4. The number of nitrogens with one attached hydrogen (secondary N) is 8. The second-order valence-corrected chi connectivity index (χ2v) is 12.4. The van der Waals surface area contributed by atoms with Crippen LogP contribution in [0.4, 0.5) is 41.9 Å². The van der Waals surface area contributed by atoms with Gasteiger partial charge in [0.1, 0.15) is 0 Å².